The van der Waals surface area contributed by atoms with Crippen molar-refractivity contribution in [3.8, 4) is 0 Å². The SMILES string of the molecule is CC(C)NCC12CC(C1)N(c1nccc(Nc3cc(C4CC4)[nH]n3)n1)C2. The van der Waals surface area contributed by atoms with Crippen LogP contribution in [0.3, 0.4) is 0 Å². The first kappa shape index (κ1) is 16.1. The van der Waals surface area contributed by atoms with Gasteiger partial charge in [0.2, 0.25) is 5.95 Å². The second kappa shape index (κ2) is 5.94. The van der Waals surface area contributed by atoms with Crippen LogP contribution in [0, 0.1) is 5.41 Å². The summed E-state index contributed by atoms with van der Waals surface area (Å²) >= 11 is 0. The Kier molecular flexibility index (Phi) is 3.67. The van der Waals surface area contributed by atoms with Gasteiger partial charge in [-0.1, -0.05) is 13.8 Å². The zero-order valence-corrected chi connectivity index (χ0v) is 15.5. The van der Waals surface area contributed by atoms with Crippen molar-refractivity contribution in [2.24, 2.45) is 5.41 Å². The number of nitrogens with one attached hydrogen (secondary N) is 3. The summed E-state index contributed by atoms with van der Waals surface area (Å²) in [5.74, 6) is 3.15. The molecule has 2 saturated heterocycles. The highest BCUT2D eigenvalue weighted by Crippen LogP contribution is 2.52. The third-order valence-electron chi connectivity index (χ3n) is 5.94. The third-order valence-corrected chi connectivity index (χ3v) is 5.94. The van der Waals surface area contributed by atoms with Gasteiger partial charge in [-0.3, -0.25) is 5.10 Å². The van der Waals surface area contributed by atoms with Crippen LogP contribution in [-0.4, -0.2) is 45.3 Å². The summed E-state index contributed by atoms with van der Waals surface area (Å²) in [4.78, 5) is 11.7. The summed E-state index contributed by atoms with van der Waals surface area (Å²) in [6, 6.07) is 5.13. The molecule has 2 aliphatic heterocycles. The smallest absolute Gasteiger partial charge is 0.227 e. The Balaban J connectivity index is 1.27. The molecule has 0 atom stereocenters. The average molecular weight is 353 g/mol. The van der Waals surface area contributed by atoms with Crippen molar-refractivity contribution in [1.82, 2.24) is 25.5 Å². The molecule has 4 heterocycles. The van der Waals surface area contributed by atoms with E-state index in [1.165, 1.54) is 31.4 Å². The number of fused-ring (bicyclic) bond motifs is 1. The first-order valence-electron chi connectivity index (χ1n) is 9.76. The lowest BCUT2D eigenvalue weighted by atomic mass is 9.70. The molecule has 6 rings (SSSR count). The third kappa shape index (κ3) is 2.94. The van der Waals surface area contributed by atoms with Crippen LogP contribution in [0.4, 0.5) is 17.6 Å². The summed E-state index contributed by atoms with van der Waals surface area (Å²) in [6.07, 6.45) is 6.87. The minimum Gasteiger partial charge on any atom is -0.337 e. The maximum atomic E-state index is 4.75. The molecule has 0 aromatic carbocycles. The Hall–Kier alpha value is -2.15. The maximum Gasteiger partial charge on any atom is 0.227 e. The molecule has 2 aliphatic carbocycles. The lowest BCUT2D eigenvalue weighted by molar-refractivity contribution is 0.187. The fourth-order valence-corrected chi connectivity index (χ4v) is 4.33. The van der Waals surface area contributed by atoms with E-state index in [2.05, 4.69) is 50.6 Å². The molecule has 138 valence electrons. The van der Waals surface area contributed by atoms with Gasteiger partial charge in [0, 0.05) is 54.5 Å². The molecule has 0 spiro atoms. The molecule has 26 heavy (non-hydrogen) atoms. The highest BCUT2D eigenvalue weighted by molar-refractivity contribution is 5.54. The van der Waals surface area contributed by atoms with Crippen LogP contribution < -0.4 is 15.5 Å². The van der Waals surface area contributed by atoms with Gasteiger partial charge in [0.25, 0.3) is 0 Å². The molecule has 7 nitrogen and oxygen atoms in total. The summed E-state index contributed by atoms with van der Waals surface area (Å²) in [6.45, 7) is 6.56. The first-order valence-corrected chi connectivity index (χ1v) is 9.76. The number of hydrogen-bond donors (Lipinski definition) is 3. The lowest BCUT2D eigenvalue weighted by Crippen LogP contribution is -2.44. The summed E-state index contributed by atoms with van der Waals surface area (Å²) in [7, 11) is 0. The molecule has 0 unspecified atom stereocenters. The van der Waals surface area contributed by atoms with Crippen LogP contribution in [0.5, 0.6) is 0 Å². The Labute approximate surface area is 154 Å². The van der Waals surface area contributed by atoms with Crippen molar-refractivity contribution >= 4 is 17.6 Å². The molecule has 2 saturated carbocycles. The van der Waals surface area contributed by atoms with Crippen LogP contribution in [-0.2, 0) is 0 Å². The van der Waals surface area contributed by atoms with E-state index in [1.54, 1.807) is 0 Å². The fraction of sp³-hybridized carbons (Fsp3) is 0.632. The Bertz CT molecular complexity index is 789. The summed E-state index contributed by atoms with van der Waals surface area (Å²) < 4.78 is 0. The largest absolute Gasteiger partial charge is 0.337 e. The zero-order valence-electron chi connectivity index (χ0n) is 15.5. The number of nitrogens with zero attached hydrogens (tertiary/aromatic N) is 4. The van der Waals surface area contributed by atoms with E-state index in [-0.39, 0.29) is 0 Å². The average Bonchev–Trinajstić information content (AvgIpc) is 3.08. The summed E-state index contributed by atoms with van der Waals surface area (Å²) in [5.41, 5.74) is 1.63. The molecule has 2 bridgehead atoms. The normalized spacial score (nSPS) is 27.0. The number of aromatic amines is 1. The molecule has 3 N–H and O–H groups in total. The standard InChI is InChI=1S/C19H27N7/c1-12(2)21-10-19-8-14(9-19)26(11-19)18-20-6-5-16(23-18)22-17-7-15(24-25-17)13-3-4-13/h5-7,12-14,21H,3-4,8-11H2,1-2H3,(H2,20,22,23,24,25). The van der Waals surface area contributed by atoms with E-state index >= 15 is 0 Å². The number of rotatable bonds is 7. The molecule has 4 aliphatic rings. The van der Waals surface area contributed by atoms with Crippen molar-refractivity contribution in [3.05, 3.63) is 24.0 Å². The predicted molar refractivity (Wildman–Crippen MR) is 102 cm³/mol. The van der Waals surface area contributed by atoms with Crippen molar-refractivity contribution in [2.75, 3.05) is 23.3 Å². The van der Waals surface area contributed by atoms with Crippen LogP contribution in [0.1, 0.15) is 51.1 Å². The highest BCUT2D eigenvalue weighted by atomic mass is 15.3. The van der Waals surface area contributed by atoms with Gasteiger partial charge in [-0.05, 0) is 31.7 Å². The minimum absolute atomic E-state index is 0.406. The predicted octanol–water partition coefficient (Wildman–Crippen LogP) is 2.79. The van der Waals surface area contributed by atoms with Crippen LogP contribution in [0.2, 0.25) is 0 Å². The quantitative estimate of drug-likeness (QED) is 0.710. The van der Waals surface area contributed by atoms with Gasteiger partial charge in [0.05, 0.1) is 0 Å². The monoisotopic (exact) mass is 353 g/mol. The molecular formula is C19H27N7. The molecular weight excluding hydrogens is 326 g/mol. The van der Waals surface area contributed by atoms with Gasteiger partial charge in [-0.15, -0.1) is 0 Å². The van der Waals surface area contributed by atoms with Gasteiger partial charge < -0.3 is 15.5 Å². The molecule has 0 amide bonds. The van der Waals surface area contributed by atoms with Crippen molar-refractivity contribution in [2.45, 2.75) is 57.5 Å². The second-order valence-electron chi connectivity index (χ2n) is 8.58. The number of aromatic nitrogens is 4. The maximum absolute atomic E-state index is 4.75. The molecule has 2 aromatic heterocycles. The van der Waals surface area contributed by atoms with Gasteiger partial charge >= 0.3 is 0 Å². The lowest BCUT2D eigenvalue weighted by Gasteiger charge is -2.37. The van der Waals surface area contributed by atoms with Crippen molar-refractivity contribution in [1.29, 1.82) is 0 Å². The number of anilines is 3. The zero-order chi connectivity index (χ0) is 17.7. The van der Waals surface area contributed by atoms with E-state index in [1.807, 2.05) is 12.3 Å². The van der Waals surface area contributed by atoms with E-state index in [0.717, 1.165) is 30.7 Å². The van der Waals surface area contributed by atoms with Crippen molar-refractivity contribution < 1.29 is 0 Å². The Morgan fingerprint density at radius 1 is 1.31 bits per heavy atom. The van der Waals surface area contributed by atoms with Crippen LogP contribution in [0.15, 0.2) is 18.3 Å². The fourth-order valence-electron chi connectivity index (χ4n) is 4.33. The highest BCUT2D eigenvalue weighted by Gasteiger charge is 2.55. The van der Waals surface area contributed by atoms with Gasteiger partial charge in [-0.25, -0.2) is 4.98 Å². The van der Waals surface area contributed by atoms with Crippen molar-refractivity contribution in [3.63, 3.8) is 0 Å². The van der Waals surface area contributed by atoms with Crippen LogP contribution >= 0.6 is 0 Å². The van der Waals surface area contributed by atoms with Gasteiger partial charge in [0.1, 0.15) is 5.82 Å². The molecule has 7 heteroatoms. The Morgan fingerprint density at radius 2 is 2.15 bits per heavy atom. The van der Waals surface area contributed by atoms with E-state index < -0.39 is 0 Å². The van der Waals surface area contributed by atoms with E-state index in [0.29, 0.717) is 23.4 Å². The second-order valence-corrected chi connectivity index (χ2v) is 8.58. The van der Waals surface area contributed by atoms with Gasteiger partial charge in [-0.2, -0.15) is 10.1 Å². The number of H-pyrrole nitrogens is 1. The first-order chi connectivity index (χ1) is 12.6. The van der Waals surface area contributed by atoms with E-state index in [4.69, 9.17) is 4.98 Å². The number of hydrogen-bond acceptors (Lipinski definition) is 6. The molecule has 0 radical (unpaired) electrons. The van der Waals surface area contributed by atoms with Gasteiger partial charge in [0.15, 0.2) is 5.82 Å². The molecule has 4 fully saturated rings. The topological polar surface area (TPSA) is 81.8 Å². The molecule has 2 aromatic rings. The van der Waals surface area contributed by atoms with Crippen LogP contribution in [0.25, 0.3) is 0 Å². The summed E-state index contributed by atoms with van der Waals surface area (Å²) in [5, 5.41) is 14.4. The van der Waals surface area contributed by atoms with E-state index in [9.17, 15) is 0 Å². The Morgan fingerprint density at radius 3 is 2.92 bits per heavy atom. The minimum atomic E-state index is 0.406.